The van der Waals surface area contributed by atoms with Crippen molar-refractivity contribution >= 4 is 5.91 Å². The van der Waals surface area contributed by atoms with Crippen molar-refractivity contribution in [2.24, 2.45) is 7.05 Å². The molecule has 0 aliphatic heterocycles. The lowest BCUT2D eigenvalue weighted by Gasteiger charge is -2.12. The van der Waals surface area contributed by atoms with Crippen LogP contribution in [-0.2, 0) is 13.7 Å². The number of nitrogens with one attached hydrogen (secondary N) is 1. The quantitative estimate of drug-likeness (QED) is 0.493. The van der Waals surface area contributed by atoms with Crippen LogP contribution in [0.3, 0.4) is 0 Å². The first-order chi connectivity index (χ1) is 13.7. The molecule has 0 spiro atoms. The molecule has 1 unspecified atom stereocenters. The van der Waals surface area contributed by atoms with Crippen molar-refractivity contribution in [2.75, 3.05) is 0 Å². The molecule has 2 heterocycles. The Labute approximate surface area is 163 Å². The zero-order chi connectivity index (χ0) is 21.3. The van der Waals surface area contributed by atoms with E-state index in [4.69, 9.17) is 9.15 Å². The second-order valence-corrected chi connectivity index (χ2v) is 6.39. The van der Waals surface area contributed by atoms with Crippen LogP contribution in [0, 0.1) is 30.2 Å². The zero-order valence-corrected chi connectivity index (χ0v) is 15.7. The molecule has 154 valence electrons. The van der Waals surface area contributed by atoms with Gasteiger partial charge < -0.3 is 14.5 Å². The van der Waals surface area contributed by atoms with Gasteiger partial charge in [-0.1, -0.05) is 0 Å². The molecule has 1 atom stereocenters. The number of amides is 1. The molecule has 0 bridgehead atoms. The standard InChI is InChI=1S/C19H17F4N3O3/c1-9(12-7-26(3)25-10(12)2)24-19(27)15-5-4-11(29-15)8-28-18-16(22)13(20)6-14(21)17(18)23/h4-7,9H,8H2,1-3H3,(H,24,27). The highest BCUT2D eigenvalue weighted by Gasteiger charge is 2.22. The first-order valence-electron chi connectivity index (χ1n) is 8.53. The van der Waals surface area contributed by atoms with Crippen LogP contribution in [0.2, 0.25) is 0 Å². The Hall–Kier alpha value is -3.30. The van der Waals surface area contributed by atoms with E-state index in [0.717, 1.165) is 11.3 Å². The molecule has 0 fully saturated rings. The van der Waals surface area contributed by atoms with Gasteiger partial charge in [-0.05, 0) is 26.0 Å². The Kier molecular flexibility index (Phi) is 5.62. The maximum absolute atomic E-state index is 13.6. The van der Waals surface area contributed by atoms with Crippen LogP contribution in [0.1, 0.15) is 40.5 Å². The largest absolute Gasteiger partial charge is 0.479 e. The molecular formula is C19H17F4N3O3. The minimum Gasteiger partial charge on any atom is -0.479 e. The number of furan rings is 1. The van der Waals surface area contributed by atoms with Crippen molar-refractivity contribution in [1.82, 2.24) is 15.1 Å². The summed E-state index contributed by atoms with van der Waals surface area (Å²) in [7, 11) is 1.76. The Bertz CT molecular complexity index is 1040. The lowest BCUT2D eigenvalue weighted by atomic mass is 10.1. The first-order valence-corrected chi connectivity index (χ1v) is 8.53. The molecule has 1 amide bonds. The minimum absolute atomic E-state index is 0.0313. The number of ether oxygens (including phenoxy) is 1. The van der Waals surface area contributed by atoms with E-state index in [1.165, 1.54) is 12.1 Å². The molecular weight excluding hydrogens is 394 g/mol. The van der Waals surface area contributed by atoms with Gasteiger partial charge in [0.15, 0.2) is 23.1 Å². The summed E-state index contributed by atoms with van der Waals surface area (Å²) in [4.78, 5) is 12.3. The summed E-state index contributed by atoms with van der Waals surface area (Å²) in [5, 5.41) is 6.95. The van der Waals surface area contributed by atoms with Crippen molar-refractivity contribution in [3.63, 3.8) is 0 Å². The molecule has 0 radical (unpaired) electrons. The van der Waals surface area contributed by atoms with E-state index >= 15 is 0 Å². The fourth-order valence-corrected chi connectivity index (χ4v) is 2.79. The Morgan fingerprint density at radius 2 is 1.90 bits per heavy atom. The highest BCUT2D eigenvalue weighted by Crippen LogP contribution is 2.27. The van der Waals surface area contributed by atoms with Crippen LogP contribution in [0.5, 0.6) is 5.75 Å². The van der Waals surface area contributed by atoms with Crippen LogP contribution in [0.15, 0.2) is 28.8 Å². The summed E-state index contributed by atoms with van der Waals surface area (Å²) in [6.07, 6.45) is 1.78. The van der Waals surface area contributed by atoms with E-state index in [1.807, 2.05) is 6.92 Å². The normalized spacial score (nSPS) is 12.1. The number of aryl methyl sites for hydroxylation is 2. The molecule has 3 aromatic rings. The number of benzene rings is 1. The van der Waals surface area contributed by atoms with E-state index in [1.54, 1.807) is 24.9 Å². The lowest BCUT2D eigenvalue weighted by molar-refractivity contribution is 0.0907. The number of hydrogen-bond donors (Lipinski definition) is 1. The lowest BCUT2D eigenvalue weighted by Crippen LogP contribution is -2.26. The Balaban J connectivity index is 1.67. The number of carbonyl (C=O) groups is 1. The van der Waals surface area contributed by atoms with Gasteiger partial charge in [0, 0.05) is 24.9 Å². The van der Waals surface area contributed by atoms with E-state index in [-0.39, 0.29) is 23.6 Å². The van der Waals surface area contributed by atoms with Gasteiger partial charge in [0.25, 0.3) is 5.91 Å². The third kappa shape index (κ3) is 4.25. The van der Waals surface area contributed by atoms with E-state index in [9.17, 15) is 22.4 Å². The van der Waals surface area contributed by atoms with Crippen molar-refractivity contribution in [3.05, 3.63) is 70.4 Å². The molecule has 10 heteroatoms. The molecule has 1 aromatic carbocycles. The van der Waals surface area contributed by atoms with Crippen LogP contribution in [0.4, 0.5) is 17.6 Å². The van der Waals surface area contributed by atoms with E-state index < -0.39 is 41.5 Å². The monoisotopic (exact) mass is 411 g/mol. The minimum atomic E-state index is -1.66. The third-order valence-electron chi connectivity index (χ3n) is 4.18. The van der Waals surface area contributed by atoms with Crippen molar-refractivity contribution in [2.45, 2.75) is 26.5 Å². The molecule has 3 rings (SSSR count). The van der Waals surface area contributed by atoms with Crippen LogP contribution in [0.25, 0.3) is 0 Å². The van der Waals surface area contributed by atoms with Crippen LogP contribution < -0.4 is 10.1 Å². The highest BCUT2D eigenvalue weighted by molar-refractivity contribution is 5.91. The smallest absolute Gasteiger partial charge is 0.287 e. The highest BCUT2D eigenvalue weighted by atomic mass is 19.2. The van der Waals surface area contributed by atoms with E-state index in [2.05, 4.69) is 10.4 Å². The summed E-state index contributed by atoms with van der Waals surface area (Å²) in [6, 6.07) is 2.42. The number of rotatable bonds is 6. The number of halogens is 4. The average molecular weight is 411 g/mol. The predicted octanol–water partition coefficient (Wildman–Crippen LogP) is 3.95. The second kappa shape index (κ2) is 7.98. The van der Waals surface area contributed by atoms with Gasteiger partial charge in [0.1, 0.15) is 12.4 Å². The topological polar surface area (TPSA) is 69.3 Å². The SMILES string of the molecule is Cc1nn(C)cc1C(C)NC(=O)c1ccc(COc2c(F)c(F)cc(F)c2F)o1. The zero-order valence-electron chi connectivity index (χ0n) is 15.7. The predicted molar refractivity (Wildman–Crippen MR) is 93.1 cm³/mol. The van der Waals surface area contributed by atoms with Gasteiger partial charge in [-0.2, -0.15) is 13.9 Å². The van der Waals surface area contributed by atoms with Crippen LogP contribution >= 0.6 is 0 Å². The number of nitrogens with zero attached hydrogens (tertiary/aromatic N) is 2. The maximum Gasteiger partial charge on any atom is 0.287 e. The number of aromatic nitrogens is 2. The van der Waals surface area contributed by atoms with Gasteiger partial charge in [0.2, 0.25) is 11.6 Å². The van der Waals surface area contributed by atoms with E-state index in [0.29, 0.717) is 0 Å². The maximum atomic E-state index is 13.6. The van der Waals surface area contributed by atoms with Gasteiger partial charge in [-0.25, -0.2) is 8.78 Å². The van der Waals surface area contributed by atoms with Gasteiger partial charge in [-0.15, -0.1) is 0 Å². The molecule has 2 aromatic heterocycles. The molecule has 29 heavy (non-hydrogen) atoms. The number of hydrogen-bond acceptors (Lipinski definition) is 4. The summed E-state index contributed by atoms with van der Waals surface area (Å²) in [6.45, 7) is 3.05. The van der Waals surface area contributed by atoms with Gasteiger partial charge in [0.05, 0.1) is 11.7 Å². The first kappa shape index (κ1) is 20.4. The van der Waals surface area contributed by atoms with Crippen LogP contribution in [-0.4, -0.2) is 15.7 Å². The third-order valence-corrected chi connectivity index (χ3v) is 4.18. The van der Waals surface area contributed by atoms with Crippen molar-refractivity contribution < 1.29 is 31.5 Å². The summed E-state index contributed by atoms with van der Waals surface area (Å²) >= 11 is 0. The molecule has 0 saturated carbocycles. The molecule has 0 aliphatic rings. The fraction of sp³-hybridized carbons (Fsp3) is 0.263. The average Bonchev–Trinajstić information content (AvgIpc) is 3.26. The van der Waals surface area contributed by atoms with Crippen molar-refractivity contribution in [1.29, 1.82) is 0 Å². The van der Waals surface area contributed by atoms with Gasteiger partial charge >= 0.3 is 0 Å². The van der Waals surface area contributed by atoms with Gasteiger partial charge in [-0.3, -0.25) is 9.48 Å². The Morgan fingerprint density at radius 1 is 1.24 bits per heavy atom. The van der Waals surface area contributed by atoms with Crippen molar-refractivity contribution in [3.8, 4) is 5.75 Å². The fourth-order valence-electron chi connectivity index (χ4n) is 2.79. The summed E-state index contributed by atoms with van der Waals surface area (Å²) in [5.74, 6) is -8.25. The second-order valence-electron chi connectivity index (χ2n) is 6.39. The summed E-state index contributed by atoms with van der Waals surface area (Å²) < 4.78 is 65.4. The Morgan fingerprint density at radius 3 is 2.48 bits per heavy atom. The molecule has 1 N–H and O–H groups in total. The number of carbonyl (C=O) groups excluding carboxylic acids is 1. The summed E-state index contributed by atoms with van der Waals surface area (Å²) in [5.41, 5.74) is 1.59. The molecule has 6 nitrogen and oxygen atoms in total. The molecule has 0 saturated heterocycles. The molecule has 0 aliphatic carbocycles.